The molecule has 2 aromatic heterocycles. The molecule has 3 heterocycles. The number of aromatic nitrogens is 2. The second-order valence-corrected chi connectivity index (χ2v) is 3.77. The minimum Gasteiger partial charge on any atom is -0.496 e. The summed E-state index contributed by atoms with van der Waals surface area (Å²) in [6, 6.07) is 1.38. The molecule has 1 N–H and O–H groups in total. The van der Waals surface area contributed by atoms with Crippen LogP contribution in [0.4, 0.5) is 11.6 Å². The largest absolute Gasteiger partial charge is 0.496 e. The van der Waals surface area contributed by atoms with Crippen LogP contribution in [0.5, 0.6) is 5.75 Å². The Morgan fingerprint density at radius 2 is 2.29 bits per heavy atom. The second-order valence-electron chi connectivity index (χ2n) is 3.77. The van der Waals surface area contributed by atoms with E-state index < -0.39 is 0 Å². The summed E-state index contributed by atoms with van der Waals surface area (Å²) in [6.07, 6.45) is 3.40. The maximum absolute atomic E-state index is 11.6. The number of anilines is 1. The van der Waals surface area contributed by atoms with Gasteiger partial charge < -0.3 is 14.6 Å². The third-order valence-corrected chi connectivity index (χ3v) is 2.74. The molecule has 6 nitrogen and oxygen atoms in total. The van der Waals surface area contributed by atoms with E-state index in [1.54, 1.807) is 0 Å². The first kappa shape index (κ1) is 9.83. The molecule has 0 unspecified atom stereocenters. The molecule has 3 rings (SSSR count). The van der Waals surface area contributed by atoms with Crippen molar-refractivity contribution < 1.29 is 4.74 Å². The van der Waals surface area contributed by atoms with Gasteiger partial charge in [0.2, 0.25) is 0 Å². The van der Waals surface area contributed by atoms with Gasteiger partial charge in [-0.25, -0.2) is 4.99 Å². The lowest BCUT2D eigenvalue weighted by Crippen LogP contribution is -2.07. The van der Waals surface area contributed by atoms with Gasteiger partial charge in [-0.1, -0.05) is 0 Å². The van der Waals surface area contributed by atoms with Gasteiger partial charge in [-0.3, -0.25) is 4.79 Å². The van der Waals surface area contributed by atoms with Gasteiger partial charge in [0.15, 0.2) is 0 Å². The monoisotopic (exact) mass is 230 g/mol. The summed E-state index contributed by atoms with van der Waals surface area (Å²) in [4.78, 5) is 19.8. The van der Waals surface area contributed by atoms with E-state index in [-0.39, 0.29) is 5.56 Å². The van der Waals surface area contributed by atoms with Crippen LogP contribution in [0.3, 0.4) is 0 Å². The van der Waals surface area contributed by atoms with Crippen molar-refractivity contribution >= 4 is 28.7 Å². The van der Waals surface area contributed by atoms with E-state index in [1.165, 1.54) is 19.5 Å². The Morgan fingerprint density at radius 3 is 3.06 bits per heavy atom. The maximum Gasteiger partial charge on any atom is 0.275 e. The molecule has 6 heteroatoms. The SMILES string of the molecule is COc1cc(=O)nc2c3c(n(C)cc13)N=CN2. The maximum atomic E-state index is 11.6. The fourth-order valence-corrected chi connectivity index (χ4v) is 2.01. The predicted octanol–water partition coefficient (Wildman–Crippen LogP) is 1.03. The quantitative estimate of drug-likeness (QED) is 0.794. The van der Waals surface area contributed by atoms with E-state index in [2.05, 4.69) is 15.3 Å². The zero-order valence-corrected chi connectivity index (χ0v) is 9.39. The first-order valence-electron chi connectivity index (χ1n) is 5.08. The summed E-state index contributed by atoms with van der Waals surface area (Å²) < 4.78 is 7.10. The summed E-state index contributed by atoms with van der Waals surface area (Å²) in [6.45, 7) is 0. The van der Waals surface area contributed by atoms with Crippen LogP contribution in [0.2, 0.25) is 0 Å². The molecule has 17 heavy (non-hydrogen) atoms. The Hall–Kier alpha value is -2.37. The minimum atomic E-state index is -0.343. The molecule has 0 radical (unpaired) electrons. The van der Waals surface area contributed by atoms with Crippen LogP contribution in [-0.2, 0) is 7.05 Å². The number of nitrogens with one attached hydrogen (secondary N) is 1. The van der Waals surface area contributed by atoms with Gasteiger partial charge in [0, 0.05) is 24.7 Å². The van der Waals surface area contributed by atoms with Gasteiger partial charge >= 0.3 is 0 Å². The van der Waals surface area contributed by atoms with Crippen molar-refractivity contribution in [1.82, 2.24) is 9.55 Å². The molecule has 0 fully saturated rings. The van der Waals surface area contributed by atoms with E-state index in [0.717, 1.165) is 16.6 Å². The number of aryl methyl sites for hydroxylation is 1. The smallest absolute Gasteiger partial charge is 0.275 e. The van der Waals surface area contributed by atoms with Crippen molar-refractivity contribution in [3.05, 3.63) is 22.6 Å². The molecule has 0 saturated carbocycles. The summed E-state index contributed by atoms with van der Waals surface area (Å²) in [7, 11) is 3.42. The topological polar surface area (TPSA) is 68.5 Å². The lowest BCUT2D eigenvalue weighted by molar-refractivity contribution is 0.419. The molecule has 86 valence electrons. The van der Waals surface area contributed by atoms with Crippen molar-refractivity contribution in [1.29, 1.82) is 0 Å². The van der Waals surface area contributed by atoms with E-state index in [1.807, 2.05) is 17.8 Å². The van der Waals surface area contributed by atoms with Gasteiger partial charge in [-0.15, -0.1) is 0 Å². The normalized spacial score (nSPS) is 12.6. The fourth-order valence-electron chi connectivity index (χ4n) is 2.01. The second kappa shape index (κ2) is 3.31. The standard InChI is InChI=1S/C11H10N4O2/c1-15-4-6-7(17-2)3-8(16)14-10-9(6)11(15)13-5-12-10/h3-5H,1-2H3,(H,12,13,14,16). The molecule has 0 aliphatic carbocycles. The third-order valence-electron chi connectivity index (χ3n) is 2.74. The average Bonchev–Trinajstić information content (AvgIpc) is 2.57. The molecule has 1 aliphatic rings. The first-order chi connectivity index (χ1) is 8.20. The molecule has 0 amide bonds. The zero-order chi connectivity index (χ0) is 12.0. The van der Waals surface area contributed by atoms with Crippen LogP contribution in [0.25, 0.3) is 10.8 Å². The Morgan fingerprint density at radius 1 is 1.47 bits per heavy atom. The lowest BCUT2D eigenvalue weighted by atomic mass is 10.2. The van der Waals surface area contributed by atoms with Crippen LogP contribution in [0.15, 0.2) is 22.1 Å². The molecule has 0 aromatic carbocycles. The number of methoxy groups -OCH3 is 1. The van der Waals surface area contributed by atoms with Gasteiger partial charge in [0.05, 0.1) is 18.8 Å². The van der Waals surface area contributed by atoms with E-state index in [4.69, 9.17) is 4.74 Å². The minimum absolute atomic E-state index is 0.343. The van der Waals surface area contributed by atoms with E-state index >= 15 is 0 Å². The van der Waals surface area contributed by atoms with Gasteiger partial charge in [-0.05, 0) is 0 Å². The Kier molecular flexibility index (Phi) is 1.91. The number of aliphatic imine (C=N–C) groups is 1. The Bertz CT molecular complexity index is 703. The summed E-state index contributed by atoms with van der Waals surface area (Å²) >= 11 is 0. The molecule has 0 atom stereocenters. The molecular weight excluding hydrogens is 220 g/mol. The van der Waals surface area contributed by atoms with Gasteiger partial charge in [0.25, 0.3) is 5.56 Å². The Balaban J connectivity index is 2.59. The van der Waals surface area contributed by atoms with E-state index in [9.17, 15) is 4.79 Å². The average molecular weight is 230 g/mol. The number of ether oxygens (including phenoxy) is 1. The number of hydrogen-bond acceptors (Lipinski definition) is 5. The molecule has 0 saturated heterocycles. The van der Waals surface area contributed by atoms with Crippen molar-refractivity contribution in [3.8, 4) is 5.75 Å². The van der Waals surface area contributed by atoms with Crippen LogP contribution in [-0.4, -0.2) is 23.0 Å². The van der Waals surface area contributed by atoms with Crippen molar-refractivity contribution in [3.63, 3.8) is 0 Å². The van der Waals surface area contributed by atoms with Crippen LogP contribution in [0.1, 0.15) is 0 Å². The van der Waals surface area contributed by atoms with Crippen molar-refractivity contribution in [2.75, 3.05) is 12.4 Å². The highest BCUT2D eigenvalue weighted by Crippen LogP contribution is 2.37. The van der Waals surface area contributed by atoms with Crippen molar-refractivity contribution in [2.45, 2.75) is 0 Å². The van der Waals surface area contributed by atoms with Gasteiger partial charge in [-0.2, -0.15) is 4.98 Å². The number of rotatable bonds is 1. The number of nitrogens with zero attached hydrogens (tertiary/aromatic N) is 3. The lowest BCUT2D eigenvalue weighted by Gasteiger charge is -2.05. The molecule has 1 aliphatic heterocycles. The first-order valence-corrected chi connectivity index (χ1v) is 5.08. The summed E-state index contributed by atoms with van der Waals surface area (Å²) in [5.74, 6) is 1.78. The fraction of sp³-hybridized carbons (Fsp3) is 0.182. The molecule has 0 spiro atoms. The zero-order valence-electron chi connectivity index (χ0n) is 9.39. The van der Waals surface area contributed by atoms with E-state index in [0.29, 0.717) is 11.6 Å². The third kappa shape index (κ3) is 1.30. The summed E-state index contributed by atoms with van der Waals surface area (Å²) in [5, 5.41) is 4.50. The van der Waals surface area contributed by atoms with Gasteiger partial charge in [0.1, 0.15) is 17.4 Å². The number of hydrogen-bond donors (Lipinski definition) is 1. The highest BCUT2D eigenvalue weighted by Gasteiger charge is 2.17. The molecule has 0 bridgehead atoms. The highest BCUT2D eigenvalue weighted by molar-refractivity contribution is 6.08. The predicted molar refractivity (Wildman–Crippen MR) is 65.3 cm³/mol. The summed E-state index contributed by atoms with van der Waals surface area (Å²) in [5.41, 5.74) is -0.343. The molecular formula is C11H10N4O2. The van der Waals surface area contributed by atoms with Crippen LogP contribution >= 0.6 is 0 Å². The van der Waals surface area contributed by atoms with Crippen LogP contribution < -0.4 is 15.6 Å². The molecule has 2 aromatic rings. The highest BCUT2D eigenvalue weighted by atomic mass is 16.5. The van der Waals surface area contributed by atoms with Crippen molar-refractivity contribution in [2.24, 2.45) is 12.0 Å². The Labute approximate surface area is 96.6 Å². The van der Waals surface area contributed by atoms with Crippen LogP contribution in [0, 0.1) is 0 Å².